The predicted molar refractivity (Wildman–Crippen MR) is 102 cm³/mol. The van der Waals surface area contributed by atoms with Gasteiger partial charge in [0.15, 0.2) is 5.96 Å². The van der Waals surface area contributed by atoms with Gasteiger partial charge in [-0.3, -0.25) is 14.7 Å². The second-order valence-electron chi connectivity index (χ2n) is 5.38. The third-order valence-corrected chi connectivity index (χ3v) is 3.52. The smallest absolute Gasteiger partial charge is 0.310 e. The van der Waals surface area contributed by atoms with E-state index in [1.54, 1.807) is 0 Å². The van der Waals surface area contributed by atoms with E-state index in [1.807, 2.05) is 13.8 Å². The molecule has 0 amide bonds. The number of guanidine groups is 1. The number of hydrogen-bond donors (Lipinski definition) is 2. The minimum atomic E-state index is -0.230. The lowest BCUT2D eigenvalue weighted by Crippen LogP contribution is -2.41. The van der Waals surface area contributed by atoms with Crippen LogP contribution >= 0.6 is 24.0 Å². The summed E-state index contributed by atoms with van der Waals surface area (Å²) in [6.45, 7) is 10.7. The van der Waals surface area contributed by atoms with Gasteiger partial charge in [0.25, 0.3) is 0 Å². The number of aliphatic imine (C=N–C) groups is 1. The number of nitrogens with zero attached hydrogens (tertiary/aromatic N) is 2. The fourth-order valence-corrected chi connectivity index (χ4v) is 2.18. The lowest BCUT2D eigenvalue weighted by atomic mass is 10.2. The number of ether oxygens (including phenoxy) is 2. The maximum Gasteiger partial charge on any atom is 0.310 e. The summed E-state index contributed by atoms with van der Waals surface area (Å²) < 4.78 is 10.0. The van der Waals surface area contributed by atoms with Gasteiger partial charge in [-0.1, -0.05) is 6.92 Å². The fraction of sp³-hybridized carbons (Fsp3) is 0.867. The molecule has 1 rings (SSSR count). The van der Waals surface area contributed by atoms with Gasteiger partial charge in [0.1, 0.15) is 0 Å². The molecule has 0 aromatic rings. The third-order valence-electron chi connectivity index (χ3n) is 3.52. The molecule has 0 aliphatic carbocycles. The van der Waals surface area contributed by atoms with Crippen LogP contribution in [-0.2, 0) is 14.3 Å². The van der Waals surface area contributed by atoms with Crippen LogP contribution in [0.15, 0.2) is 4.99 Å². The Balaban J connectivity index is 0.00000484. The maximum atomic E-state index is 11.4. The van der Waals surface area contributed by atoms with Crippen molar-refractivity contribution in [2.75, 3.05) is 59.6 Å². The van der Waals surface area contributed by atoms with Gasteiger partial charge in [-0.05, 0) is 19.9 Å². The summed E-state index contributed by atoms with van der Waals surface area (Å²) in [7, 11) is 1.40. The molecule has 1 fully saturated rings. The van der Waals surface area contributed by atoms with Gasteiger partial charge in [0.2, 0.25) is 0 Å². The van der Waals surface area contributed by atoms with Crippen LogP contribution in [0.2, 0.25) is 0 Å². The number of carbonyl (C=O) groups is 1. The van der Waals surface area contributed by atoms with E-state index in [1.165, 1.54) is 7.11 Å². The zero-order valence-electron chi connectivity index (χ0n) is 14.5. The molecule has 1 heterocycles. The summed E-state index contributed by atoms with van der Waals surface area (Å²) in [5.41, 5.74) is 0. The Morgan fingerprint density at radius 2 is 2.04 bits per heavy atom. The molecular formula is C15H31IN4O3. The first-order valence-corrected chi connectivity index (χ1v) is 8.07. The van der Waals surface area contributed by atoms with E-state index in [4.69, 9.17) is 9.47 Å². The van der Waals surface area contributed by atoms with E-state index in [2.05, 4.69) is 20.5 Å². The summed E-state index contributed by atoms with van der Waals surface area (Å²) in [6.07, 6.45) is 1.05. The Morgan fingerprint density at radius 1 is 1.35 bits per heavy atom. The second-order valence-corrected chi connectivity index (χ2v) is 5.38. The Morgan fingerprint density at radius 3 is 2.65 bits per heavy atom. The van der Waals surface area contributed by atoms with Crippen molar-refractivity contribution in [1.29, 1.82) is 0 Å². The van der Waals surface area contributed by atoms with Gasteiger partial charge in [-0.2, -0.15) is 0 Å². The van der Waals surface area contributed by atoms with E-state index in [0.29, 0.717) is 6.54 Å². The van der Waals surface area contributed by atoms with Crippen molar-refractivity contribution in [3.63, 3.8) is 0 Å². The Bertz CT molecular complexity index is 350. The number of carbonyl (C=O) groups excluding carboxylic acids is 1. The SMILES string of the molecule is CCNC(=NCC(C)C(=O)OC)NCCCN1CCOCC1.I. The normalized spacial score (nSPS) is 17.1. The summed E-state index contributed by atoms with van der Waals surface area (Å²) in [4.78, 5) is 18.2. The first-order valence-electron chi connectivity index (χ1n) is 8.07. The highest BCUT2D eigenvalue weighted by molar-refractivity contribution is 14.0. The summed E-state index contributed by atoms with van der Waals surface area (Å²) in [6, 6.07) is 0. The van der Waals surface area contributed by atoms with Crippen molar-refractivity contribution in [2.24, 2.45) is 10.9 Å². The van der Waals surface area contributed by atoms with E-state index in [-0.39, 0.29) is 35.9 Å². The number of morpholine rings is 1. The summed E-state index contributed by atoms with van der Waals surface area (Å²) in [5, 5.41) is 6.49. The molecule has 0 saturated carbocycles. The van der Waals surface area contributed by atoms with Crippen LogP contribution in [0, 0.1) is 5.92 Å². The number of nitrogens with one attached hydrogen (secondary N) is 2. The van der Waals surface area contributed by atoms with Crippen molar-refractivity contribution >= 4 is 35.9 Å². The molecule has 1 atom stereocenters. The minimum Gasteiger partial charge on any atom is -0.469 e. The Hall–Kier alpha value is -0.610. The highest BCUT2D eigenvalue weighted by atomic mass is 127. The molecule has 7 nitrogen and oxygen atoms in total. The quantitative estimate of drug-likeness (QED) is 0.190. The average Bonchev–Trinajstić information content (AvgIpc) is 2.56. The minimum absolute atomic E-state index is 0. The van der Waals surface area contributed by atoms with Gasteiger partial charge in [0, 0.05) is 26.2 Å². The molecule has 0 bridgehead atoms. The van der Waals surface area contributed by atoms with E-state index in [0.717, 1.165) is 58.3 Å². The number of halogens is 1. The summed E-state index contributed by atoms with van der Waals surface area (Å²) in [5.74, 6) is 0.293. The number of methoxy groups -OCH3 is 1. The van der Waals surface area contributed by atoms with E-state index in [9.17, 15) is 4.79 Å². The fourth-order valence-electron chi connectivity index (χ4n) is 2.18. The zero-order valence-corrected chi connectivity index (χ0v) is 16.8. The molecule has 0 aromatic carbocycles. The van der Waals surface area contributed by atoms with Gasteiger partial charge in [-0.15, -0.1) is 24.0 Å². The van der Waals surface area contributed by atoms with Gasteiger partial charge < -0.3 is 20.1 Å². The Labute approximate surface area is 156 Å². The second kappa shape index (κ2) is 13.8. The van der Waals surface area contributed by atoms with Crippen LogP contribution in [0.4, 0.5) is 0 Å². The van der Waals surface area contributed by atoms with E-state index < -0.39 is 0 Å². The Kier molecular flexibility index (Phi) is 13.4. The lowest BCUT2D eigenvalue weighted by Gasteiger charge is -2.26. The van der Waals surface area contributed by atoms with Crippen LogP contribution in [0.5, 0.6) is 0 Å². The molecule has 2 N–H and O–H groups in total. The van der Waals surface area contributed by atoms with Crippen LogP contribution in [-0.4, -0.2) is 76.4 Å². The third kappa shape index (κ3) is 9.98. The molecule has 1 unspecified atom stereocenters. The summed E-state index contributed by atoms with van der Waals surface area (Å²) >= 11 is 0. The molecule has 23 heavy (non-hydrogen) atoms. The van der Waals surface area contributed by atoms with Crippen molar-refractivity contribution in [3.05, 3.63) is 0 Å². The van der Waals surface area contributed by atoms with Gasteiger partial charge in [-0.25, -0.2) is 0 Å². The molecule has 0 radical (unpaired) electrons. The van der Waals surface area contributed by atoms with E-state index >= 15 is 0 Å². The van der Waals surface area contributed by atoms with Crippen LogP contribution < -0.4 is 10.6 Å². The molecule has 136 valence electrons. The molecular weight excluding hydrogens is 411 g/mol. The monoisotopic (exact) mass is 442 g/mol. The van der Waals surface area contributed by atoms with Gasteiger partial charge >= 0.3 is 5.97 Å². The van der Waals surface area contributed by atoms with Crippen LogP contribution in [0.25, 0.3) is 0 Å². The standard InChI is InChI=1S/C15H30N4O3.HI/c1-4-16-15(18-12-13(2)14(20)21-3)17-6-5-7-19-8-10-22-11-9-19;/h13H,4-12H2,1-3H3,(H2,16,17,18);1H. The molecule has 1 aliphatic rings. The van der Waals surface area contributed by atoms with Crippen molar-refractivity contribution in [1.82, 2.24) is 15.5 Å². The lowest BCUT2D eigenvalue weighted by molar-refractivity contribution is -0.144. The molecule has 1 aliphatic heterocycles. The molecule has 8 heteroatoms. The van der Waals surface area contributed by atoms with Crippen molar-refractivity contribution in [3.8, 4) is 0 Å². The van der Waals surface area contributed by atoms with Crippen molar-refractivity contribution in [2.45, 2.75) is 20.3 Å². The topological polar surface area (TPSA) is 75.2 Å². The average molecular weight is 442 g/mol. The largest absolute Gasteiger partial charge is 0.469 e. The molecule has 1 saturated heterocycles. The number of rotatable bonds is 8. The first kappa shape index (κ1) is 22.4. The number of esters is 1. The highest BCUT2D eigenvalue weighted by Gasteiger charge is 2.12. The first-order chi connectivity index (χ1) is 10.7. The maximum absolute atomic E-state index is 11.4. The molecule has 0 aromatic heterocycles. The highest BCUT2D eigenvalue weighted by Crippen LogP contribution is 1.99. The van der Waals surface area contributed by atoms with Crippen molar-refractivity contribution < 1.29 is 14.3 Å². The van der Waals surface area contributed by atoms with Gasteiger partial charge in [0.05, 0.1) is 32.8 Å². The van der Waals surface area contributed by atoms with Crippen LogP contribution in [0.1, 0.15) is 20.3 Å². The number of hydrogen-bond acceptors (Lipinski definition) is 5. The molecule has 0 spiro atoms. The van der Waals surface area contributed by atoms with Crippen LogP contribution in [0.3, 0.4) is 0 Å². The zero-order chi connectivity index (χ0) is 16.2. The predicted octanol–water partition coefficient (Wildman–Crippen LogP) is 0.691.